The van der Waals surface area contributed by atoms with E-state index < -0.39 is 5.60 Å². The molecule has 0 saturated heterocycles. The van der Waals surface area contributed by atoms with E-state index in [2.05, 4.69) is 31.2 Å². The molecule has 2 aliphatic rings. The van der Waals surface area contributed by atoms with Crippen LogP contribution in [0.3, 0.4) is 0 Å². The highest BCUT2D eigenvalue weighted by Gasteiger charge is 2.49. The van der Waals surface area contributed by atoms with Crippen molar-refractivity contribution in [2.45, 2.75) is 38.7 Å². The smallest absolute Gasteiger partial charge is 0.0747 e. The zero-order valence-electron chi connectivity index (χ0n) is 8.46. The highest BCUT2D eigenvalue weighted by atomic mass is 16.3. The minimum atomic E-state index is -0.547. The lowest BCUT2D eigenvalue weighted by Gasteiger charge is -2.48. The van der Waals surface area contributed by atoms with Crippen LogP contribution in [0.2, 0.25) is 0 Å². The van der Waals surface area contributed by atoms with Gasteiger partial charge < -0.3 is 5.11 Å². The molecule has 2 atom stereocenters. The molecule has 0 aromatic carbocycles. The lowest BCUT2D eigenvalue weighted by Crippen LogP contribution is -2.49. The summed E-state index contributed by atoms with van der Waals surface area (Å²) >= 11 is 0. The summed E-state index contributed by atoms with van der Waals surface area (Å²) in [6.07, 6.45) is 11.8. The summed E-state index contributed by atoms with van der Waals surface area (Å²) in [5.74, 6) is 0.561. The molecule has 0 aliphatic heterocycles. The molecule has 1 saturated carbocycles. The lowest BCUT2D eigenvalue weighted by molar-refractivity contribution is -0.0741. The van der Waals surface area contributed by atoms with Gasteiger partial charge in [-0.15, -0.1) is 0 Å². The first kappa shape index (κ1) is 9.01. The van der Waals surface area contributed by atoms with Gasteiger partial charge in [0.2, 0.25) is 0 Å². The minimum Gasteiger partial charge on any atom is -0.389 e. The third-order valence-electron chi connectivity index (χ3n) is 3.90. The first-order valence-electron chi connectivity index (χ1n) is 5.18. The molecule has 2 rings (SSSR count). The molecule has 13 heavy (non-hydrogen) atoms. The summed E-state index contributed by atoms with van der Waals surface area (Å²) in [6.45, 7) is 4.22. The van der Waals surface area contributed by atoms with E-state index in [-0.39, 0.29) is 5.41 Å². The Morgan fingerprint density at radius 2 is 1.92 bits per heavy atom. The molecule has 1 fully saturated rings. The van der Waals surface area contributed by atoms with Gasteiger partial charge in [0.25, 0.3) is 0 Å². The van der Waals surface area contributed by atoms with Gasteiger partial charge in [-0.3, -0.25) is 0 Å². The van der Waals surface area contributed by atoms with Crippen LogP contribution < -0.4 is 0 Å². The average Bonchev–Trinajstić information content (AvgIpc) is 2.50. The van der Waals surface area contributed by atoms with Crippen LogP contribution >= 0.6 is 0 Å². The molecule has 1 heteroatoms. The monoisotopic (exact) mass is 178 g/mol. The Hall–Kier alpha value is -0.560. The van der Waals surface area contributed by atoms with E-state index in [1.54, 1.807) is 0 Å². The predicted octanol–water partition coefficient (Wildman–Crippen LogP) is 2.67. The van der Waals surface area contributed by atoms with Gasteiger partial charge in [0.15, 0.2) is 0 Å². The summed E-state index contributed by atoms with van der Waals surface area (Å²) in [5, 5.41) is 10.4. The Kier molecular flexibility index (Phi) is 1.88. The van der Waals surface area contributed by atoms with Crippen molar-refractivity contribution < 1.29 is 5.11 Å². The van der Waals surface area contributed by atoms with Crippen LogP contribution in [0.1, 0.15) is 33.1 Å². The van der Waals surface area contributed by atoms with Gasteiger partial charge in [-0.25, -0.2) is 0 Å². The van der Waals surface area contributed by atoms with Gasteiger partial charge in [0, 0.05) is 5.41 Å². The van der Waals surface area contributed by atoms with Crippen molar-refractivity contribution in [3.05, 3.63) is 24.3 Å². The van der Waals surface area contributed by atoms with Gasteiger partial charge in [0.1, 0.15) is 0 Å². The fourth-order valence-electron chi connectivity index (χ4n) is 2.91. The molecule has 72 valence electrons. The van der Waals surface area contributed by atoms with Gasteiger partial charge in [-0.2, -0.15) is 0 Å². The van der Waals surface area contributed by atoms with Crippen molar-refractivity contribution in [2.75, 3.05) is 0 Å². The molecule has 0 heterocycles. The molecule has 0 amide bonds. The molecule has 0 radical (unpaired) electrons. The van der Waals surface area contributed by atoms with Gasteiger partial charge in [-0.05, 0) is 25.7 Å². The van der Waals surface area contributed by atoms with E-state index in [1.807, 2.05) is 6.92 Å². The van der Waals surface area contributed by atoms with E-state index in [0.29, 0.717) is 5.92 Å². The second-order valence-corrected chi connectivity index (χ2v) is 4.72. The maximum atomic E-state index is 10.4. The largest absolute Gasteiger partial charge is 0.389 e. The van der Waals surface area contributed by atoms with Crippen LogP contribution in [-0.4, -0.2) is 10.7 Å². The maximum Gasteiger partial charge on any atom is 0.0747 e. The predicted molar refractivity (Wildman–Crippen MR) is 54.4 cm³/mol. The molecule has 0 aromatic rings. The number of allylic oxidation sites excluding steroid dienone is 2. The van der Waals surface area contributed by atoms with Crippen molar-refractivity contribution in [1.82, 2.24) is 0 Å². The summed E-state index contributed by atoms with van der Waals surface area (Å²) in [7, 11) is 0. The highest BCUT2D eigenvalue weighted by Crippen LogP contribution is 2.51. The summed E-state index contributed by atoms with van der Waals surface area (Å²) in [4.78, 5) is 0. The second kappa shape index (κ2) is 2.71. The topological polar surface area (TPSA) is 20.2 Å². The quantitative estimate of drug-likeness (QED) is 0.604. The molecule has 0 aromatic heterocycles. The molecular formula is C12H18O. The van der Waals surface area contributed by atoms with Crippen molar-refractivity contribution in [1.29, 1.82) is 0 Å². The van der Waals surface area contributed by atoms with E-state index in [0.717, 1.165) is 12.8 Å². The standard InChI is InChI=1S/C12H18O/c1-10-6-5-7-11(2,13)12(10)8-3-4-9-12/h3-4,8-10,13H,5-7H2,1-2H3/t10-,11+/m1/s1. The van der Waals surface area contributed by atoms with Crippen molar-refractivity contribution in [3.8, 4) is 0 Å². The molecular weight excluding hydrogens is 160 g/mol. The van der Waals surface area contributed by atoms with Gasteiger partial charge in [-0.1, -0.05) is 37.6 Å². The Balaban J connectivity index is 2.40. The molecule has 1 spiro atoms. The summed E-state index contributed by atoms with van der Waals surface area (Å²) in [6, 6.07) is 0. The van der Waals surface area contributed by atoms with Crippen molar-refractivity contribution in [2.24, 2.45) is 11.3 Å². The van der Waals surface area contributed by atoms with Crippen LogP contribution in [0.5, 0.6) is 0 Å². The van der Waals surface area contributed by atoms with Crippen LogP contribution in [0.15, 0.2) is 24.3 Å². The van der Waals surface area contributed by atoms with E-state index in [1.165, 1.54) is 6.42 Å². The van der Waals surface area contributed by atoms with Crippen LogP contribution in [0.4, 0.5) is 0 Å². The summed E-state index contributed by atoms with van der Waals surface area (Å²) in [5.41, 5.74) is -0.626. The molecule has 0 unspecified atom stereocenters. The Morgan fingerprint density at radius 3 is 2.46 bits per heavy atom. The number of rotatable bonds is 0. The normalized spacial score (nSPS) is 41.6. The molecule has 1 N–H and O–H groups in total. The Labute approximate surface area is 80.2 Å². The van der Waals surface area contributed by atoms with Crippen LogP contribution in [0.25, 0.3) is 0 Å². The van der Waals surface area contributed by atoms with E-state index in [4.69, 9.17) is 0 Å². The minimum absolute atomic E-state index is 0.0781. The second-order valence-electron chi connectivity index (χ2n) is 4.72. The SMILES string of the molecule is C[C@@H]1CCC[C@](C)(O)C12C=CC=C2. The number of hydrogen-bond donors (Lipinski definition) is 1. The Morgan fingerprint density at radius 1 is 1.31 bits per heavy atom. The zero-order chi connectivity index (χ0) is 9.53. The van der Waals surface area contributed by atoms with Crippen molar-refractivity contribution >= 4 is 0 Å². The van der Waals surface area contributed by atoms with Crippen LogP contribution in [0, 0.1) is 11.3 Å². The van der Waals surface area contributed by atoms with Gasteiger partial charge >= 0.3 is 0 Å². The van der Waals surface area contributed by atoms with Crippen LogP contribution in [-0.2, 0) is 0 Å². The van der Waals surface area contributed by atoms with E-state index in [9.17, 15) is 5.11 Å². The maximum absolute atomic E-state index is 10.4. The first-order chi connectivity index (χ1) is 6.08. The van der Waals surface area contributed by atoms with Gasteiger partial charge in [0.05, 0.1) is 5.60 Å². The average molecular weight is 178 g/mol. The summed E-state index contributed by atoms with van der Waals surface area (Å²) < 4.78 is 0. The molecule has 2 aliphatic carbocycles. The Bertz CT molecular complexity index is 248. The zero-order valence-corrected chi connectivity index (χ0v) is 8.46. The molecule has 0 bridgehead atoms. The van der Waals surface area contributed by atoms with Crippen molar-refractivity contribution in [3.63, 3.8) is 0 Å². The fraction of sp³-hybridized carbons (Fsp3) is 0.667. The number of hydrogen-bond acceptors (Lipinski definition) is 1. The third kappa shape index (κ3) is 1.10. The third-order valence-corrected chi connectivity index (χ3v) is 3.90. The first-order valence-corrected chi connectivity index (χ1v) is 5.18. The highest BCUT2D eigenvalue weighted by molar-refractivity contribution is 5.31. The van der Waals surface area contributed by atoms with E-state index >= 15 is 0 Å². The lowest BCUT2D eigenvalue weighted by atomic mass is 9.59. The fourth-order valence-corrected chi connectivity index (χ4v) is 2.91. The number of aliphatic hydroxyl groups is 1. The molecule has 1 nitrogen and oxygen atoms in total.